The van der Waals surface area contributed by atoms with Gasteiger partial charge < -0.3 is 19.5 Å². The van der Waals surface area contributed by atoms with E-state index in [0.717, 1.165) is 0 Å². The summed E-state index contributed by atoms with van der Waals surface area (Å²) in [5, 5.41) is 8.80. The SMILES string of the molecule is CCOCCCC(=O)N1CCOCC1CC(=O)O. The van der Waals surface area contributed by atoms with Gasteiger partial charge in [-0.3, -0.25) is 9.59 Å². The van der Waals surface area contributed by atoms with Crippen LogP contribution in [0.25, 0.3) is 0 Å². The Kier molecular flexibility index (Phi) is 6.67. The Bertz CT molecular complexity index is 282. The zero-order valence-corrected chi connectivity index (χ0v) is 10.8. The molecule has 0 spiro atoms. The van der Waals surface area contributed by atoms with Crippen molar-refractivity contribution >= 4 is 11.9 Å². The summed E-state index contributed by atoms with van der Waals surface area (Å²) in [5.41, 5.74) is 0. The summed E-state index contributed by atoms with van der Waals surface area (Å²) in [6.45, 7) is 4.39. The molecule has 1 aliphatic rings. The molecule has 1 saturated heterocycles. The molecule has 18 heavy (non-hydrogen) atoms. The zero-order chi connectivity index (χ0) is 13.4. The van der Waals surface area contributed by atoms with Crippen LogP contribution in [0.2, 0.25) is 0 Å². The van der Waals surface area contributed by atoms with E-state index in [-0.39, 0.29) is 18.4 Å². The van der Waals surface area contributed by atoms with Crippen molar-refractivity contribution in [1.29, 1.82) is 0 Å². The first kappa shape index (κ1) is 14.9. The highest BCUT2D eigenvalue weighted by molar-refractivity contribution is 5.77. The van der Waals surface area contributed by atoms with Gasteiger partial charge in [0.15, 0.2) is 0 Å². The lowest BCUT2D eigenvalue weighted by molar-refractivity contribution is -0.146. The molecule has 1 aliphatic heterocycles. The number of carbonyl (C=O) groups is 2. The molecule has 0 saturated carbocycles. The van der Waals surface area contributed by atoms with Crippen LogP contribution in [0.4, 0.5) is 0 Å². The number of hydrogen-bond donors (Lipinski definition) is 1. The van der Waals surface area contributed by atoms with Gasteiger partial charge in [-0.1, -0.05) is 0 Å². The van der Waals surface area contributed by atoms with E-state index < -0.39 is 5.97 Å². The fraction of sp³-hybridized carbons (Fsp3) is 0.833. The van der Waals surface area contributed by atoms with E-state index in [1.54, 1.807) is 4.90 Å². The number of ether oxygens (including phenoxy) is 2. The Morgan fingerprint density at radius 3 is 2.94 bits per heavy atom. The molecule has 0 radical (unpaired) electrons. The second kappa shape index (κ2) is 8.05. The van der Waals surface area contributed by atoms with Crippen molar-refractivity contribution < 1.29 is 24.2 Å². The van der Waals surface area contributed by atoms with Crippen LogP contribution in [0.1, 0.15) is 26.2 Å². The fourth-order valence-corrected chi connectivity index (χ4v) is 1.97. The Morgan fingerprint density at radius 1 is 1.50 bits per heavy atom. The van der Waals surface area contributed by atoms with Gasteiger partial charge in [-0.25, -0.2) is 0 Å². The zero-order valence-electron chi connectivity index (χ0n) is 10.8. The minimum absolute atomic E-state index is 0.00995. The number of amides is 1. The van der Waals surface area contributed by atoms with Crippen LogP contribution in [-0.2, 0) is 19.1 Å². The molecule has 1 fully saturated rings. The number of aliphatic carboxylic acids is 1. The van der Waals surface area contributed by atoms with Gasteiger partial charge in [0.25, 0.3) is 0 Å². The highest BCUT2D eigenvalue weighted by atomic mass is 16.5. The van der Waals surface area contributed by atoms with Gasteiger partial charge in [-0.2, -0.15) is 0 Å². The van der Waals surface area contributed by atoms with Crippen molar-refractivity contribution in [2.45, 2.75) is 32.2 Å². The quantitative estimate of drug-likeness (QED) is 0.674. The maximum absolute atomic E-state index is 12.0. The van der Waals surface area contributed by atoms with E-state index in [0.29, 0.717) is 45.8 Å². The normalized spacial score (nSPS) is 19.8. The highest BCUT2D eigenvalue weighted by Crippen LogP contribution is 2.13. The molecule has 0 aromatic heterocycles. The standard InChI is InChI=1S/C12H21NO5/c1-2-17-6-3-4-11(14)13-5-7-18-9-10(13)8-12(15)16/h10H,2-9H2,1H3,(H,15,16). The van der Waals surface area contributed by atoms with Crippen LogP contribution in [0.3, 0.4) is 0 Å². The van der Waals surface area contributed by atoms with Crippen LogP contribution in [-0.4, -0.2) is 60.9 Å². The van der Waals surface area contributed by atoms with Crippen LogP contribution in [0, 0.1) is 0 Å². The Hall–Kier alpha value is -1.14. The van der Waals surface area contributed by atoms with Crippen LogP contribution in [0.15, 0.2) is 0 Å². The van der Waals surface area contributed by atoms with E-state index in [4.69, 9.17) is 14.6 Å². The van der Waals surface area contributed by atoms with Gasteiger partial charge >= 0.3 is 5.97 Å². The number of carboxylic acid groups (broad SMARTS) is 1. The molecular weight excluding hydrogens is 238 g/mol. The first-order valence-corrected chi connectivity index (χ1v) is 6.32. The summed E-state index contributed by atoms with van der Waals surface area (Å²) in [4.78, 5) is 24.3. The van der Waals surface area contributed by atoms with Gasteiger partial charge in [0.1, 0.15) is 0 Å². The monoisotopic (exact) mass is 259 g/mol. The molecule has 1 unspecified atom stereocenters. The van der Waals surface area contributed by atoms with Gasteiger partial charge in [0.2, 0.25) is 5.91 Å². The molecule has 1 rings (SSSR count). The van der Waals surface area contributed by atoms with Gasteiger partial charge in [-0.05, 0) is 13.3 Å². The van der Waals surface area contributed by atoms with E-state index in [1.165, 1.54) is 0 Å². The highest BCUT2D eigenvalue weighted by Gasteiger charge is 2.28. The predicted octanol–water partition coefficient (Wildman–Crippen LogP) is 0.505. The topological polar surface area (TPSA) is 76.1 Å². The lowest BCUT2D eigenvalue weighted by atomic mass is 10.1. The third kappa shape index (κ3) is 5.01. The fourth-order valence-electron chi connectivity index (χ4n) is 1.97. The van der Waals surface area contributed by atoms with E-state index in [9.17, 15) is 9.59 Å². The Labute approximate surface area is 107 Å². The minimum Gasteiger partial charge on any atom is -0.481 e. The summed E-state index contributed by atoms with van der Waals surface area (Å²) in [7, 11) is 0. The maximum atomic E-state index is 12.0. The smallest absolute Gasteiger partial charge is 0.305 e. The van der Waals surface area contributed by atoms with Crippen molar-refractivity contribution in [3.05, 3.63) is 0 Å². The molecule has 1 heterocycles. The van der Waals surface area contributed by atoms with Crippen molar-refractivity contribution in [1.82, 2.24) is 4.90 Å². The average Bonchev–Trinajstić information content (AvgIpc) is 2.34. The Balaban J connectivity index is 2.39. The molecular formula is C12H21NO5. The number of hydrogen-bond acceptors (Lipinski definition) is 4. The van der Waals surface area contributed by atoms with Crippen molar-refractivity contribution in [2.75, 3.05) is 33.0 Å². The van der Waals surface area contributed by atoms with Crippen molar-refractivity contribution in [3.8, 4) is 0 Å². The molecule has 1 N–H and O–H groups in total. The van der Waals surface area contributed by atoms with E-state index in [2.05, 4.69) is 0 Å². The molecule has 0 aromatic carbocycles. The van der Waals surface area contributed by atoms with Gasteiger partial charge in [0.05, 0.1) is 25.7 Å². The summed E-state index contributed by atoms with van der Waals surface area (Å²) in [6, 6.07) is -0.337. The summed E-state index contributed by atoms with van der Waals surface area (Å²) in [6.07, 6.45) is 1.01. The number of carboxylic acids is 1. The molecule has 0 bridgehead atoms. The van der Waals surface area contributed by atoms with Gasteiger partial charge in [-0.15, -0.1) is 0 Å². The van der Waals surface area contributed by atoms with Crippen LogP contribution < -0.4 is 0 Å². The minimum atomic E-state index is -0.905. The predicted molar refractivity (Wildman–Crippen MR) is 64.3 cm³/mol. The first-order valence-electron chi connectivity index (χ1n) is 6.32. The largest absolute Gasteiger partial charge is 0.481 e. The molecule has 1 atom stereocenters. The Morgan fingerprint density at radius 2 is 2.28 bits per heavy atom. The maximum Gasteiger partial charge on any atom is 0.305 e. The third-order valence-corrected chi connectivity index (χ3v) is 2.84. The molecule has 0 aliphatic carbocycles. The number of nitrogens with zero attached hydrogens (tertiary/aromatic N) is 1. The van der Waals surface area contributed by atoms with Gasteiger partial charge in [0, 0.05) is 26.2 Å². The molecule has 104 valence electrons. The van der Waals surface area contributed by atoms with E-state index >= 15 is 0 Å². The third-order valence-electron chi connectivity index (χ3n) is 2.84. The first-order chi connectivity index (χ1) is 8.65. The second-order valence-electron chi connectivity index (χ2n) is 4.21. The lowest BCUT2D eigenvalue weighted by Gasteiger charge is -2.34. The van der Waals surface area contributed by atoms with Crippen LogP contribution >= 0.6 is 0 Å². The summed E-state index contributed by atoms with van der Waals surface area (Å²) < 4.78 is 10.4. The van der Waals surface area contributed by atoms with Crippen molar-refractivity contribution in [3.63, 3.8) is 0 Å². The average molecular weight is 259 g/mol. The summed E-state index contributed by atoms with van der Waals surface area (Å²) in [5.74, 6) is -0.915. The molecule has 6 heteroatoms. The molecule has 1 amide bonds. The second-order valence-corrected chi connectivity index (χ2v) is 4.21. The number of rotatable bonds is 7. The lowest BCUT2D eigenvalue weighted by Crippen LogP contribution is -2.49. The van der Waals surface area contributed by atoms with Crippen molar-refractivity contribution in [2.24, 2.45) is 0 Å². The summed E-state index contributed by atoms with van der Waals surface area (Å²) >= 11 is 0. The number of carbonyl (C=O) groups excluding carboxylic acids is 1. The molecule has 0 aromatic rings. The van der Waals surface area contributed by atoms with E-state index in [1.807, 2.05) is 6.92 Å². The van der Waals surface area contributed by atoms with Crippen LogP contribution in [0.5, 0.6) is 0 Å². The number of morpholine rings is 1. The molecule has 6 nitrogen and oxygen atoms in total.